The van der Waals surface area contributed by atoms with Crippen LogP contribution in [-0.2, 0) is 0 Å². The smallest absolute Gasteiger partial charge is 0.337 e. The first-order valence-electron chi connectivity index (χ1n) is 5.85. The van der Waals surface area contributed by atoms with Crippen LogP contribution in [0.25, 0.3) is 0 Å². The molecular weight excluding hydrogens is 216 g/mol. The molecule has 1 rings (SSSR count). The molecule has 4 nitrogen and oxygen atoms in total. The molecule has 1 aromatic rings. The molecule has 17 heavy (non-hydrogen) atoms. The molecule has 0 saturated carbocycles. The third kappa shape index (κ3) is 3.12. The molecular formula is C13H20N2O2. The molecule has 0 amide bonds. The highest BCUT2D eigenvalue weighted by molar-refractivity contribution is 5.97. The van der Waals surface area contributed by atoms with E-state index in [0.29, 0.717) is 23.3 Å². The van der Waals surface area contributed by atoms with Crippen LogP contribution in [-0.4, -0.2) is 17.1 Å². The molecule has 0 spiro atoms. The molecule has 1 unspecified atom stereocenters. The molecule has 0 heterocycles. The summed E-state index contributed by atoms with van der Waals surface area (Å²) in [6.07, 6.45) is 0.967. The van der Waals surface area contributed by atoms with Crippen LogP contribution in [0, 0.1) is 5.92 Å². The standard InChI is InChI=1S/C13H20N2O2/c1-4-10(8(2)3)15-11-7-5-6-9(12(11)14)13(16)17/h5-8,10,15H,4,14H2,1-3H3,(H,16,17). The van der Waals surface area contributed by atoms with Gasteiger partial charge in [0.05, 0.1) is 16.9 Å². The fourth-order valence-corrected chi connectivity index (χ4v) is 1.82. The van der Waals surface area contributed by atoms with E-state index in [-0.39, 0.29) is 5.56 Å². The number of carboxylic acids is 1. The second kappa shape index (κ2) is 5.57. The van der Waals surface area contributed by atoms with Crippen molar-refractivity contribution >= 4 is 17.3 Å². The van der Waals surface area contributed by atoms with Gasteiger partial charge in [0.15, 0.2) is 0 Å². The van der Waals surface area contributed by atoms with Crippen molar-refractivity contribution in [3.8, 4) is 0 Å². The summed E-state index contributed by atoms with van der Waals surface area (Å²) in [4.78, 5) is 11.0. The van der Waals surface area contributed by atoms with Crippen molar-refractivity contribution in [2.24, 2.45) is 5.92 Å². The Hall–Kier alpha value is -1.71. The van der Waals surface area contributed by atoms with Gasteiger partial charge in [0, 0.05) is 6.04 Å². The lowest BCUT2D eigenvalue weighted by atomic mass is 10.0. The van der Waals surface area contributed by atoms with Gasteiger partial charge in [-0.25, -0.2) is 4.79 Å². The summed E-state index contributed by atoms with van der Waals surface area (Å²) in [5.74, 6) is -0.531. The number of hydrogen-bond acceptors (Lipinski definition) is 3. The molecule has 0 aromatic heterocycles. The van der Waals surface area contributed by atoms with Gasteiger partial charge >= 0.3 is 5.97 Å². The molecule has 0 aliphatic heterocycles. The average molecular weight is 236 g/mol. The van der Waals surface area contributed by atoms with Crippen molar-refractivity contribution in [3.63, 3.8) is 0 Å². The molecule has 0 bridgehead atoms. The van der Waals surface area contributed by atoms with E-state index in [4.69, 9.17) is 10.8 Å². The SMILES string of the molecule is CCC(Nc1cccc(C(=O)O)c1N)C(C)C. The minimum atomic E-state index is -0.997. The van der Waals surface area contributed by atoms with Crippen molar-refractivity contribution in [3.05, 3.63) is 23.8 Å². The van der Waals surface area contributed by atoms with E-state index in [2.05, 4.69) is 26.1 Å². The Labute approximate surface area is 102 Å². The lowest BCUT2D eigenvalue weighted by molar-refractivity contribution is 0.0698. The molecule has 0 fully saturated rings. The van der Waals surface area contributed by atoms with E-state index in [9.17, 15) is 4.79 Å². The van der Waals surface area contributed by atoms with Gasteiger partial charge in [-0.2, -0.15) is 0 Å². The van der Waals surface area contributed by atoms with Crippen LogP contribution >= 0.6 is 0 Å². The number of anilines is 2. The van der Waals surface area contributed by atoms with Crippen molar-refractivity contribution in [2.75, 3.05) is 11.1 Å². The van der Waals surface area contributed by atoms with E-state index in [1.807, 2.05) is 6.07 Å². The Bertz CT molecular complexity index is 402. The second-order valence-electron chi connectivity index (χ2n) is 4.48. The summed E-state index contributed by atoms with van der Waals surface area (Å²) in [5, 5.41) is 12.3. The van der Waals surface area contributed by atoms with Gasteiger partial charge in [0.25, 0.3) is 0 Å². The monoisotopic (exact) mass is 236 g/mol. The number of benzene rings is 1. The molecule has 0 radical (unpaired) electrons. The van der Waals surface area contributed by atoms with Crippen molar-refractivity contribution < 1.29 is 9.90 Å². The minimum Gasteiger partial charge on any atom is -0.478 e. The summed E-state index contributed by atoms with van der Waals surface area (Å²) in [6, 6.07) is 5.32. The zero-order valence-corrected chi connectivity index (χ0v) is 10.5. The van der Waals surface area contributed by atoms with Crippen LogP contribution in [0.4, 0.5) is 11.4 Å². The summed E-state index contributed by atoms with van der Waals surface area (Å²) < 4.78 is 0. The highest BCUT2D eigenvalue weighted by atomic mass is 16.4. The van der Waals surface area contributed by atoms with E-state index in [1.165, 1.54) is 6.07 Å². The summed E-state index contributed by atoms with van der Waals surface area (Å²) in [6.45, 7) is 6.34. The molecule has 0 aliphatic rings. The van der Waals surface area contributed by atoms with Gasteiger partial charge in [0.1, 0.15) is 0 Å². The van der Waals surface area contributed by atoms with E-state index in [1.54, 1.807) is 6.07 Å². The van der Waals surface area contributed by atoms with Crippen LogP contribution in [0.5, 0.6) is 0 Å². The average Bonchev–Trinajstić information content (AvgIpc) is 2.26. The van der Waals surface area contributed by atoms with Crippen LogP contribution in [0.15, 0.2) is 18.2 Å². The summed E-state index contributed by atoms with van der Waals surface area (Å²) in [7, 11) is 0. The molecule has 0 saturated heterocycles. The van der Waals surface area contributed by atoms with Gasteiger partial charge in [-0.1, -0.05) is 26.8 Å². The Morgan fingerprint density at radius 2 is 2.12 bits per heavy atom. The van der Waals surface area contributed by atoms with Crippen LogP contribution in [0.1, 0.15) is 37.6 Å². The number of nitrogen functional groups attached to an aromatic ring is 1. The maximum absolute atomic E-state index is 11.0. The number of hydrogen-bond donors (Lipinski definition) is 3. The van der Waals surface area contributed by atoms with Crippen LogP contribution < -0.4 is 11.1 Å². The predicted octanol–water partition coefficient (Wildman–Crippen LogP) is 2.81. The maximum atomic E-state index is 11.0. The van der Waals surface area contributed by atoms with E-state index in [0.717, 1.165) is 6.42 Å². The van der Waals surface area contributed by atoms with Crippen molar-refractivity contribution in [1.29, 1.82) is 0 Å². The normalized spacial score (nSPS) is 12.5. The summed E-state index contributed by atoms with van der Waals surface area (Å²) in [5.41, 5.74) is 7.00. The number of carboxylic acid groups (broad SMARTS) is 1. The Kier molecular flexibility index (Phi) is 4.37. The number of rotatable bonds is 5. The number of nitrogens with one attached hydrogen (secondary N) is 1. The van der Waals surface area contributed by atoms with E-state index >= 15 is 0 Å². The topological polar surface area (TPSA) is 75.3 Å². The van der Waals surface area contributed by atoms with Gasteiger partial charge in [-0.15, -0.1) is 0 Å². The van der Waals surface area contributed by atoms with E-state index < -0.39 is 5.97 Å². The highest BCUT2D eigenvalue weighted by Gasteiger charge is 2.15. The first-order valence-corrected chi connectivity index (χ1v) is 5.85. The first kappa shape index (κ1) is 13.4. The largest absolute Gasteiger partial charge is 0.478 e. The molecule has 0 aliphatic carbocycles. The lowest BCUT2D eigenvalue weighted by Gasteiger charge is -2.23. The fraction of sp³-hybridized carbons (Fsp3) is 0.462. The highest BCUT2D eigenvalue weighted by Crippen LogP contribution is 2.25. The van der Waals surface area contributed by atoms with Crippen LogP contribution in [0.2, 0.25) is 0 Å². The zero-order valence-electron chi connectivity index (χ0n) is 10.5. The Balaban J connectivity index is 2.99. The van der Waals surface area contributed by atoms with Crippen molar-refractivity contribution in [1.82, 2.24) is 0 Å². The quantitative estimate of drug-likeness (QED) is 0.687. The minimum absolute atomic E-state index is 0.147. The second-order valence-corrected chi connectivity index (χ2v) is 4.48. The number of nitrogens with two attached hydrogens (primary N) is 1. The molecule has 94 valence electrons. The molecule has 4 heteroatoms. The summed E-state index contributed by atoms with van der Waals surface area (Å²) >= 11 is 0. The number of aromatic carboxylic acids is 1. The molecule has 4 N–H and O–H groups in total. The van der Waals surface area contributed by atoms with Gasteiger partial charge in [-0.3, -0.25) is 0 Å². The van der Waals surface area contributed by atoms with Crippen LogP contribution in [0.3, 0.4) is 0 Å². The molecule has 1 atom stereocenters. The predicted molar refractivity (Wildman–Crippen MR) is 70.4 cm³/mol. The first-order chi connectivity index (χ1) is 7.97. The van der Waals surface area contributed by atoms with Gasteiger partial charge in [-0.05, 0) is 24.5 Å². The third-order valence-corrected chi connectivity index (χ3v) is 2.92. The van der Waals surface area contributed by atoms with Crippen molar-refractivity contribution in [2.45, 2.75) is 33.2 Å². The Morgan fingerprint density at radius 3 is 2.59 bits per heavy atom. The Morgan fingerprint density at radius 1 is 1.47 bits per heavy atom. The maximum Gasteiger partial charge on any atom is 0.337 e. The number of carbonyl (C=O) groups is 1. The lowest BCUT2D eigenvalue weighted by Crippen LogP contribution is -2.25. The third-order valence-electron chi connectivity index (χ3n) is 2.92. The molecule has 1 aromatic carbocycles. The fourth-order valence-electron chi connectivity index (χ4n) is 1.82. The van der Waals surface area contributed by atoms with Gasteiger partial charge < -0.3 is 16.2 Å². The zero-order chi connectivity index (χ0) is 13.0. The van der Waals surface area contributed by atoms with Gasteiger partial charge in [0.2, 0.25) is 0 Å². The number of para-hydroxylation sites is 1.